The number of hydrogen-bond donors (Lipinski definition) is 1. The summed E-state index contributed by atoms with van der Waals surface area (Å²) in [6.45, 7) is 4.24. The van der Waals surface area contributed by atoms with Crippen molar-refractivity contribution in [3.63, 3.8) is 0 Å². The second-order valence-corrected chi connectivity index (χ2v) is 6.20. The molecule has 1 heterocycles. The van der Waals surface area contributed by atoms with Crippen molar-refractivity contribution in [2.24, 2.45) is 0 Å². The summed E-state index contributed by atoms with van der Waals surface area (Å²) in [4.78, 5) is 4.13. The van der Waals surface area contributed by atoms with E-state index >= 15 is 0 Å². The summed E-state index contributed by atoms with van der Waals surface area (Å²) in [7, 11) is -3.52. The molecule has 0 fully saturated rings. The molecular formula is C12H16N4O2S. The van der Waals surface area contributed by atoms with Crippen LogP contribution < -0.4 is 5.73 Å². The van der Waals surface area contributed by atoms with Gasteiger partial charge in [-0.15, -0.1) is 0 Å². The maximum atomic E-state index is 12.4. The highest BCUT2D eigenvalue weighted by atomic mass is 32.2. The molecule has 0 aliphatic rings. The van der Waals surface area contributed by atoms with E-state index in [-0.39, 0.29) is 10.6 Å². The molecule has 0 unspecified atom stereocenters. The molecule has 2 aromatic rings. The van der Waals surface area contributed by atoms with Crippen LogP contribution in [0.1, 0.15) is 18.3 Å². The maximum absolute atomic E-state index is 12.4. The van der Waals surface area contributed by atoms with E-state index < -0.39 is 9.84 Å². The van der Waals surface area contributed by atoms with E-state index in [0.29, 0.717) is 18.1 Å². The summed E-state index contributed by atoms with van der Waals surface area (Å²) in [5.41, 5.74) is 6.89. The van der Waals surface area contributed by atoms with Crippen LogP contribution in [0.3, 0.4) is 0 Å². The van der Waals surface area contributed by atoms with Crippen molar-refractivity contribution >= 4 is 15.5 Å². The van der Waals surface area contributed by atoms with E-state index in [0.717, 1.165) is 5.56 Å². The van der Waals surface area contributed by atoms with Gasteiger partial charge in [-0.3, -0.25) is 0 Å². The van der Waals surface area contributed by atoms with Crippen LogP contribution in [-0.4, -0.2) is 23.2 Å². The molecule has 0 aliphatic carbocycles. The van der Waals surface area contributed by atoms with Gasteiger partial charge in [0.2, 0.25) is 0 Å². The number of benzene rings is 1. The van der Waals surface area contributed by atoms with Gasteiger partial charge in [0.1, 0.15) is 17.9 Å². The van der Waals surface area contributed by atoms with Gasteiger partial charge in [-0.25, -0.2) is 18.1 Å². The van der Waals surface area contributed by atoms with Gasteiger partial charge in [0.05, 0.1) is 10.6 Å². The minimum absolute atomic E-state index is 0.151. The summed E-state index contributed by atoms with van der Waals surface area (Å²) in [5, 5.41) is 3.96. The molecule has 0 atom stereocenters. The topological polar surface area (TPSA) is 90.9 Å². The first-order valence-electron chi connectivity index (χ1n) is 5.90. The number of rotatable bonds is 4. The van der Waals surface area contributed by atoms with E-state index in [1.54, 1.807) is 23.7 Å². The Balaban J connectivity index is 2.41. The Morgan fingerprint density at radius 2 is 2.11 bits per heavy atom. The van der Waals surface area contributed by atoms with Gasteiger partial charge in [-0.05, 0) is 25.5 Å². The molecular weight excluding hydrogens is 264 g/mol. The van der Waals surface area contributed by atoms with Crippen molar-refractivity contribution in [3.05, 3.63) is 35.9 Å². The van der Waals surface area contributed by atoms with Crippen LogP contribution in [-0.2, 0) is 22.1 Å². The first kappa shape index (κ1) is 13.5. The molecule has 6 nitrogen and oxygen atoms in total. The molecule has 19 heavy (non-hydrogen) atoms. The quantitative estimate of drug-likeness (QED) is 0.849. The van der Waals surface area contributed by atoms with Crippen LogP contribution in [0.25, 0.3) is 0 Å². The molecule has 1 aromatic carbocycles. The van der Waals surface area contributed by atoms with Crippen molar-refractivity contribution in [3.8, 4) is 0 Å². The number of nitrogens with two attached hydrogens (primary N) is 1. The average Bonchev–Trinajstić information content (AvgIpc) is 2.78. The van der Waals surface area contributed by atoms with Crippen molar-refractivity contribution in [2.75, 3.05) is 5.73 Å². The molecule has 0 bridgehead atoms. The number of hydrogen-bond acceptors (Lipinski definition) is 5. The number of aromatic nitrogens is 3. The lowest BCUT2D eigenvalue weighted by Gasteiger charge is -2.09. The van der Waals surface area contributed by atoms with Gasteiger partial charge in [0, 0.05) is 6.54 Å². The number of sulfone groups is 1. The molecule has 0 spiro atoms. The van der Waals surface area contributed by atoms with E-state index in [4.69, 9.17) is 5.73 Å². The summed E-state index contributed by atoms with van der Waals surface area (Å²) >= 11 is 0. The molecule has 1 aromatic heterocycles. The summed E-state index contributed by atoms with van der Waals surface area (Å²) in [5.74, 6) is 0.220. The highest BCUT2D eigenvalue weighted by molar-refractivity contribution is 7.90. The van der Waals surface area contributed by atoms with Crippen molar-refractivity contribution in [2.45, 2.75) is 31.0 Å². The van der Waals surface area contributed by atoms with Gasteiger partial charge < -0.3 is 5.73 Å². The third kappa shape index (κ3) is 2.60. The molecule has 2 rings (SSSR count). The van der Waals surface area contributed by atoms with Crippen molar-refractivity contribution in [1.82, 2.24) is 14.8 Å². The molecule has 2 N–H and O–H groups in total. The number of para-hydroxylation sites is 1. The average molecular weight is 280 g/mol. The van der Waals surface area contributed by atoms with E-state index in [9.17, 15) is 8.42 Å². The van der Waals surface area contributed by atoms with Crippen LogP contribution >= 0.6 is 0 Å². The Hall–Kier alpha value is -1.89. The van der Waals surface area contributed by atoms with E-state index in [1.165, 1.54) is 12.4 Å². The van der Waals surface area contributed by atoms with Crippen LogP contribution in [0, 0.1) is 6.92 Å². The zero-order chi connectivity index (χ0) is 14.0. The smallest absolute Gasteiger partial charge is 0.187 e. The number of nitrogens with zero attached hydrogens (tertiary/aromatic N) is 3. The normalized spacial score (nSPS) is 11.7. The lowest BCUT2D eigenvalue weighted by atomic mass is 10.2. The Labute approximate surface area is 112 Å². The number of aryl methyl sites for hydroxylation is 2. The minimum Gasteiger partial charge on any atom is -0.397 e. The summed E-state index contributed by atoms with van der Waals surface area (Å²) in [6.07, 6.45) is 1.36. The minimum atomic E-state index is -3.52. The molecule has 0 aliphatic heterocycles. The summed E-state index contributed by atoms with van der Waals surface area (Å²) in [6, 6.07) is 4.98. The Morgan fingerprint density at radius 3 is 2.79 bits per heavy atom. The number of anilines is 1. The van der Waals surface area contributed by atoms with Crippen LogP contribution in [0.4, 0.5) is 5.69 Å². The highest BCUT2D eigenvalue weighted by Gasteiger charge is 2.21. The zero-order valence-electron chi connectivity index (χ0n) is 10.9. The SMILES string of the molecule is CCn1ncnc1CS(=O)(=O)c1cccc(C)c1N. The van der Waals surface area contributed by atoms with Crippen molar-refractivity contribution < 1.29 is 8.42 Å². The van der Waals surface area contributed by atoms with Gasteiger partial charge in [-0.2, -0.15) is 5.10 Å². The monoisotopic (exact) mass is 280 g/mol. The Bertz CT molecular complexity index is 692. The molecule has 0 amide bonds. The van der Waals surface area contributed by atoms with Gasteiger partial charge in [-0.1, -0.05) is 12.1 Å². The Morgan fingerprint density at radius 1 is 1.37 bits per heavy atom. The second-order valence-electron chi connectivity index (χ2n) is 4.24. The highest BCUT2D eigenvalue weighted by Crippen LogP contribution is 2.24. The van der Waals surface area contributed by atoms with Crippen LogP contribution in [0.5, 0.6) is 0 Å². The van der Waals surface area contributed by atoms with Gasteiger partial charge in [0.15, 0.2) is 9.84 Å². The standard InChI is InChI=1S/C12H16N4O2S/c1-3-16-11(14-8-15-16)7-19(17,18)10-6-4-5-9(2)12(10)13/h4-6,8H,3,7,13H2,1-2H3. The maximum Gasteiger partial charge on any atom is 0.187 e. The fourth-order valence-corrected chi connectivity index (χ4v) is 3.34. The second kappa shape index (κ2) is 5.00. The molecule has 0 radical (unpaired) electrons. The van der Waals surface area contributed by atoms with E-state index in [2.05, 4.69) is 10.1 Å². The predicted molar refractivity (Wildman–Crippen MR) is 72.2 cm³/mol. The lowest BCUT2D eigenvalue weighted by Crippen LogP contribution is -2.13. The molecule has 0 saturated heterocycles. The molecule has 0 saturated carbocycles. The van der Waals surface area contributed by atoms with E-state index in [1.807, 2.05) is 6.92 Å². The number of nitrogen functional groups attached to an aromatic ring is 1. The fraction of sp³-hybridized carbons (Fsp3) is 0.333. The summed E-state index contributed by atoms with van der Waals surface area (Å²) < 4.78 is 26.3. The first-order chi connectivity index (χ1) is 8.95. The first-order valence-corrected chi connectivity index (χ1v) is 7.55. The van der Waals surface area contributed by atoms with Gasteiger partial charge in [0.25, 0.3) is 0 Å². The fourth-order valence-electron chi connectivity index (χ4n) is 1.84. The van der Waals surface area contributed by atoms with Gasteiger partial charge >= 0.3 is 0 Å². The molecule has 7 heteroatoms. The predicted octanol–water partition coefficient (Wildman–Crippen LogP) is 1.16. The molecule has 102 valence electrons. The third-order valence-electron chi connectivity index (χ3n) is 2.93. The van der Waals surface area contributed by atoms with Crippen LogP contribution in [0.15, 0.2) is 29.4 Å². The zero-order valence-corrected chi connectivity index (χ0v) is 11.7. The van der Waals surface area contributed by atoms with Crippen LogP contribution in [0.2, 0.25) is 0 Å². The lowest BCUT2D eigenvalue weighted by molar-refractivity contribution is 0.584. The van der Waals surface area contributed by atoms with Crippen molar-refractivity contribution in [1.29, 1.82) is 0 Å². The Kier molecular flexibility index (Phi) is 3.57. The third-order valence-corrected chi connectivity index (χ3v) is 4.60. The largest absolute Gasteiger partial charge is 0.397 e.